The van der Waals surface area contributed by atoms with Gasteiger partial charge in [0.2, 0.25) is 0 Å². The van der Waals surface area contributed by atoms with Crippen molar-refractivity contribution in [1.82, 2.24) is 9.80 Å². The summed E-state index contributed by atoms with van der Waals surface area (Å²) >= 11 is 0. The first-order valence-corrected chi connectivity index (χ1v) is 7.24. The molecule has 4 atom stereocenters. The molecule has 0 spiro atoms. The molecule has 0 aliphatic carbocycles. The SMILES string of the molecule is CC1CCN(C(=O)N(C)C2COCC2C(=O)O)CC1C. The molecular formula is C14H24N2O4. The molecule has 2 amide bonds. The van der Waals surface area contributed by atoms with Crippen LogP contribution in [0.15, 0.2) is 0 Å². The van der Waals surface area contributed by atoms with Crippen LogP contribution in [0.3, 0.4) is 0 Å². The number of carbonyl (C=O) groups excluding carboxylic acids is 1. The number of carboxylic acid groups (broad SMARTS) is 1. The number of likely N-dealkylation sites (tertiary alicyclic amines) is 1. The molecule has 0 radical (unpaired) electrons. The number of carbonyl (C=O) groups is 2. The van der Waals surface area contributed by atoms with Crippen LogP contribution in [0, 0.1) is 17.8 Å². The fourth-order valence-electron chi connectivity index (χ4n) is 2.96. The zero-order chi connectivity index (χ0) is 14.9. The molecule has 0 aromatic heterocycles. The van der Waals surface area contributed by atoms with Gasteiger partial charge in [-0.25, -0.2) is 4.79 Å². The molecule has 2 fully saturated rings. The Kier molecular flexibility index (Phi) is 4.52. The largest absolute Gasteiger partial charge is 0.481 e. The molecule has 20 heavy (non-hydrogen) atoms. The van der Waals surface area contributed by atoms with Crippen LogP contribution < -0.4 is 0 Å². The summed E-state index contributed by atoms with van der Waals surface area (Å²) in [5.74, 6) is -0.403. The molecule has 2 saturated heterocycles. The van der Waals surface area contributed by atoms with E-state index >= 15 is 0 Å². The number of likely N-dealkylation sites (N-methyl/N-ethyl adjacent to an activating group) is 1. The van der Waals surface area contributed by atoms with Gasteiger partial charge in [0.1, 0.15) is 5.92 Å². The van der Waals surface area contributed by atoms with Crippen molar-refractivity contribution in [2.45, 2.75) is 26.3 Å². The first-order chi connectivity index (χ1) is 9.41. The van der Waals surface area contributed by atoms with E-state index in [1.54, 1.807) is 11.9 Å². The number of amides is 2. The van der Waals surface area contributed by atoms with Gasteiger partial charge in [0.05, 0.1) is 19.3 Å². The van der Waals surface area contributed by atoms with Gasteiger partial charge in [-0.05, 0) is 18.3 Å². The summed E-state index contributed by atoms with van der Waals surface area (Å²) in [6.45, 7) is 6.35. The summed E-state index contributed by atoms with van der Waals surface area (Å²) in [4.78, 5) is 27.1. The van der Waals surface area contributed by atoms with Crippen molar-refractivity contribution in [3.63, 3.8) is 0 Å². The molecule has 0 bridgehead atoms. The number of urea groups is 1. The number of piperidine rings is 1. The molecule has 2 heterocycles. The maximum Gasteiger partial charge on any atom is 0.320 e. The average Bonchev–Trinajstić information content (AvgIpc) is 2.89. The molecule has 2 aliphatic heterocycles. The van der Waals surface area contributed by atoms with Gasteiger partial charge < -0.3 is 19.6 Å². The zero-order valence-corrected chi connectivity index (χ0v) is 12.4. The van der Waals surface area contributed by atoms with Crippen LogP contribution in [-0.2, 0) is 9.53 Å². The van der Waals surface area contributed by atoms with E-state index in [0.717, 1.165) is 19.5 Å². The molecule has 6 heteroatoms. The Morgan fingerprint density at radius 1 is 1.25 bits per heavy atom. The highest BCUT2D eigenvalue weighted by atomic mass is 16.5. The van der Waals surface area contributed by atoms with E-state index in [0.29, 0.717) is 18.4 Å². The molecule has 0 aromatic rings. The smallest absolute Gasteiger partial charge is 0.320 e. The van der Waals surface area contributed by atoms with Crippen LogP contribution in [0.5, 0.6) is 0 Å². The highest BCUT2D eigenvalue weighted by Crippen LogP contribution is 2.25. The van der Waals surface area contributed by atoms with E-state index in [1.165, 1.54) is 0 Å². The fourth-order valence-corrected chi connectivity index (χ4v) is 2.96. The van der Waals surface area contributed by atoms with E-state index < -0.39 is 11.9 Å². The van der Waals surface area contributed by atoms with Gasteiger partial charge in [-0.1, -0.05) is 13.8 Å². The lowest BCUT2D eigenvalue weighted by Gasteiger charge is -2.39. The van der Waals surface area contributed by atoms with Crippen molar-refractivity contribution < 1.29 is 19.4 Å². The summed E-state index contributed by atoms with van der Waals surface area (Å²) in [6.07, 6.45) is 1.00. The lowest BCUT2D eigenvalue weighted by molar-refractivity contribution is -0.142. The van der Waals surface area contributed by atoms with Gasteiger partial charge >= 0.3 is 12.0 Å². The van der Waals surface area contributed by atoms with Crippen molar-refractivity contribution in [2.75, 3.05) is 33.4 Å². The number of aliphatic carboxylic acids is 1. The van der Waals surface area contributed by atoms with Crippen LogP contribution in [0.25, 0.3) is 0 Å². The zero-order valence-electron chi connectivity index (χ0n) is 12.4. The first-order valence-electron chi connectivity index (χ1n) is 7.24. The Bertz CT molecular complexity index is 387. The van der Waals surface area contributed by atoms with Gasteiger partial charge in [-0.3, -0.25) is 4.79 Å². The highest BCUT2D eigenvalue weighted by Gasteiger charge is 2.40. The van der Waals surface area contributed by atoms with Crippen molar-refractivity contribution in [2.24, 2.45) is 17.8 Å². The number of hydrogen-bond acceptors (Lipinski definition) is 3. The first kappa shape index (κ1) is 15.1. The minimum absolute atomic E-state index is 0.0782. The molecule has 2 rings (SSSR count). The summed E-state index contributed by atoms with van der Waals surface area (Å²) in [6, 6.07) is -0.444. The molecular weight excluding hydrogens is 260 g/mol. The third kappa shape index (κ3) is 2.90. The Morgan fingerprint density at radius 2 is 1.95 bits per heavy atom. The predicted octanol–water partition coefficient (Wildman–Crippen LogP) is 1.12. The number of hydrogen-bond donors (Lipinski definition) is 1. The lowest BCUT2D eigenvalue weighted by Crippen LogP contribution is -2.52. The quantitative estimate of drug-likeness (QED) is 0.825. The van der Waals surface area contributed by atoms with Crippen molar-refractivity contribution >= 4 is 12.0 Å². The van der Waals surface area contributed by atoms with Crippen LogP contribution in [-0.4, -0.2) is 66.3 Å². The standard InChI is InChI=1S/C14H24N2O4/c1-9-4-5-16(6-10(9)2)14(19)15(3)12-8-20-7-11(12)13(17)18/h9-12H,4-8H2,1-3H3,(H,17,18). The number of ether oxygens (including phenoxy) is 1. The van der Waals surface area contributed by atoms with E-state index in [1.807, 2.05) is 4.90 Å². The van der Waals surface area contributed by atoms with Gasteiger partial charge in [-0.2, -0.15) is 0 Å². The second-order valence-electron chi connectivity index (χ2n) is 6.13. The third-order valence-corrected chi connectivity index (χ3v) is 4.77. The van der Waals surface area contributed by atoms with Crippen LogP contribution in [0.1, 0.15) is 20.3 Å². The number of rotatable bonds is 2. The molecule has 4 unspecified atom stereocenters. The maximum absolute atomic E-state index is 12.5. The van der Waals surface area contributed by atoms with Crippen LogP contribution in [0.2, 0.25) is 0 Å². The fraction of sp³-hybridized carbons (Fsp3) is 0.857. The molecule has 0 saturated carbocycles. The summed E-state index contributed by atoms with van der Waals surface area (Å²) in [5.41, 5.74) is 0. The maximum atomic E-state index is 12.5. The van der Waals surface area contributed by atoms with Crippen LogP contribution >= 0.6 is 0 Å². The van der Waals surface area contributed by atoms with Gasteiger partial charge in [-0.15, -0.1) is 0 Å². The monoisotopic (exact) mass is 284 g/mol. The normalized spacial score (nSPS) is 34.0. The average molecular weight is 284 g/mol. The minimum atomic E-state index is -0.896. The topological polar surface area (TPSA) is 70.1 Å². The van der Waals surface area contributed by atoms with Gasteiger partial charge in [0.25, 0.3) is 0 Å². The van der Waals surface area contributed by atoms with E-state index in [9.17, 15) is 9.59 Å². The summed E-state index contributed by atoms with van der Waals surface area (Å²) in [7, 11) is 1.68. The second-order valence-corrected chi connectivity index (χ2v) is 6.13. The molecule has 1 N–H and O–H groups in total. The Balaban J connectivity index is 2.00. The molecule has 2 aliphatic rings. The molecule has 6 nitrogen and oxygen atoms in total. The Morgan fingerprint density at radius 3 is 2.55 bits per heavy atom. The molecule has 114 valence electrons. The van der Waals surface area contributed by atoms with Crippen LogP contribution in [0.4, 0.5) is 4.79 Å². The van der Waals surface area contributed by atoms with E-state index in [-0.39, 0.29) is 18.7 Å². The van der Waals surface area contributed by atoms with Crippen molar-refractivity contribution in [3.05, 3.63) is 0 Å². The van der Waals surface area contributed by atoms with E-state index in [4.69, 9.17) is 9.84 Å². The summed E-state index contributed by atoms with van der Waals surface area (Å²) < 4.78 is 5.23. The number of carboxylic acids is 1. The number of nitrogens with zero attached hydrogens (tertiary/aromatic N) is 2. The predicted molar refractivity (Wildman–Crippen MR) is 73.4 cm³/mol. The Hall–Kier alpha value is -1.30. The molecule has 0 aromatic carbocycles. The van der Waals surface area contributed by atoms with E-state index in [2.05, 4.69) is 13.8 Å². The van der Waals surface area contributed by atoms with Gasteiger partial charge in [0, 0.05) is 20.1 Å². The summed E-state index contributed by atoms with van der Waals surface area (Å²) in [5, 5.41) is 9.17. The Labute approximate surface area is 119 Å². The van der Waals surface area contributed by atoms with Crippen molar-refractivity contribution in [1.29, 1.82) is 0 Å². The highest BCUT2D eigenvalue weighted by molar-refractivity contribution is 5.77. The van der Waals surface area contributed by atoms with Crippen molar-refractivity contribution in [3.8, 4) is 0 Å². The lowest BCUT2D eigenvalue weighted by atomic mass is 9.89. The minimum Gasteiger partial charge on any atom is -0.481 e. The van der Waals surface area contributed by atoms with Gasteiger partial charge in [0.15, 0.2) is 0 Å². The third-order valence-electron chi connectivity index (χ3n) is 4.77. The second kappa shape index (κ2) is 5.99.